The number of hydrogen-bond acceptors (Lipinski definition) is 3. The fourth-order valence-electron chi connectivity index (χ4n) is 1.51. The van der Waals surface area contributed by atoms with Crippen LogP contribution in [-0.2, 0) is 0 Å². The number of halogens is 1. The first-order chi connectivity index (χ1) is 8.24. The summed E-state index contributed by atoms with van der Waals surface area (Å²) in [5.74, 6) is 1.78. The lowest BCUT2D eigenvalue weighted by molar-refractivity contribution is 0.414. The van der Waals surface area contributed by atoms with E-state index in [1.54, 1.807) is 25.6 Å². The van der Waals surface area contributed by atoms with Gasteiger partial charge in [-0.1, -0.05) is 28.1 Å². The van der Waals surface area contributed by atoms with E-state index < -0.39 is 0 Å². The lowest BCUT2D eigenvalue weighted by Gasteiger charge is -2.08. The van der Waals surface area contributed by atoms with E-state index in [1.165, 1.54) is 10.4 Å². The van der Waals surface area contributed by atoms with Crippen LogP contribution in [0.15, 0.2) is 35.7 Å². The summed E-state index contributed by atoms with van der Waals surface area (Å²) in [4.78, 5) is 1.43. The van der Waals surface area contributed by atoms with Gasteiger partial charge in [0.25, 0.3) is 0 Å². The van der Waals surface area contributed by atoms with Crippen molar-refractivity contribution in [1.82, 2.24) is 0 Å². The van der Waals surface area contributed by atoms with E-state index in [0.717, 1.165) is 11.5 Å². The highest BCUT2D eigenvalue weighted by molar-refractivity contribution is 9.09. The molecule has 0 aliphatic heterocycles. The molecule has 0 saturated heterocycles. The van der Waals surface area contributed by atoms with Crippen LogP contribution >= 0.6 is 27.3 Å². The molecule has 1 aromatic carbocycles. The van der Waals surface area contributed by atoms with Crippen LogP contribution in [0, 0.1) is 0 Å². The maximum Gasteiger partial charge on any atom is 0.129 e. The Bertz CT molecular complexity index is 478. The number of hydrogen-bond donors (Lipinski definition) is 0. The van der Waals surface area contributed by atoms with Crippen molar-refractivity contribution in [2.75, 3.05) is 14.2 Å². The van der Waals surface area contributed by atoms with Gasteiger partial charge in [0.1, 0.15) is 11.5 Å². The minimum atomic E-state index is 0.197. The van der Waals surface area contributed by atoms with Crippen LogP contribution in [0.1, 0.15) is 15.3 Å². The molecule has 0 saturated carbocycles. The summed E-state index contributed by atoms with van der Waals surface area (Å²) in [6.07, 6.45) is 0. The molecule has 0 radical (unpaired) electrons. The van der Waals surface area contributed by atoms with E-state index in [1.807, 2.05) is 23.6 Å². The Morgan fingerprint density at radius 2 is 1.71 bits per heavy atom. The second-order valence-corrected chi connectivity index (χ2v) is 5.38. The first-order valence-electron chi connectivity index (χ1n) is 5.15. The zero-order valence-corrected chi connectivity index (χ0v) is 12.0. The smallest absolute Gasteiger partial charge is 0.129 e. The third-order valence-corrected chi connectivity index (χ3v) is 4.79. The van der Waals surface area contributed by atoms with Gasteiger partial charge in [0.2, 0.25) is 0 Å². The van der Waals surface area contributed by atoms with Gasteiger partial charge in [-0.3, -0.25) is 0 Å². The highest BCUT2D eigenvalue weighted by atomic mass is 79.9. The minimum Gasteiger partial charge on any atom is -0.497 e. The van der Waals surface area contributed by atoms with Crippen molar-refractivity contribution < 1.29 is 9.47 Å². The van der Waals surface area contributed by atoms with Crippen LogP contribution in [0.2, 0.25) is 0 Å². The molecule has 17 heavy (non-hydrogen) atoms. The van der Waals surface area contributed by atoms with Crippen molar-refractivity contribution in [2.24, 2.45) is 0 Å². The quantitative estimate of drug-likeness (QED) is 0.786. The van der Waals surface area contributed by atoms with E-state index >= 15 is 0 Å². The van der Waals surface area contributed by atoms with Crippen molar-refractivity contribution in [2.45, 2.75) is 4.83 Å². The Hall–Kier alpha value is -1.00. The monoisotopic (exact) mass is 312 g/mol. The fraction of sp³-hybridized carbons (Fsp3) is 0.231. The van der Waals surface area contributed by atoms with Gasteiger partial charge in [-0.25, -0.2) is 0 Å². The zero-order valence-electron chi connectivity index (χ0n) is 9.64. The van der Waals surface area contributed by atoms with Gasteiger partial charge in [-0.2, -0.15) is 0 Å². The third kappa shape index (κ3) is 2.82. The lowest BCUT2D eigenvalue weighted by atomic mass is 10.1. The highest BCUT2D eigenvalue weighted by Crippen LogP contribution is 2.37. The largest absolute Gasteiger partial charge is 0.497 e. The predicted octanol–water partition coefficient (Wildman–Crippen LogP) is 4.25. The Balaban J connectivity index is 2.20. The van der Waals surface area contributed by atoms with E-state index in [2.05, 4.69) is 28.1 Å². The Labute approximate surface area is 113 Å². The maximum atomic E-state index is 5.19. The predicted molar refractivity (Wildman–Crippen MR) is 74.6 cm³/mol. The molecule has 0 aliphatic carbocycles. The number of benzene rings is 1. The van der Waals surface area contributed by atoms with Crippen LogP contribution in [0.25, 0.3) is 0 Å². The van der Waals surface area contributed by atoms with E-state index in [9.17, 15) is 0 Å². The summed E-state index contributed by atoms with van der Waals surface area (Å²) in [6, 6.07) is 10.1. The first-order valence-corrected chi connectivity index (χ1v) is 6.94. The van der Waals surface area contributed by atoms with Crippen LogP contribution in [0.5, 0.6) is 11.5 Å². The van der Waals surface area contributed by atoms with Gasteiger partial charge >= 0.3 is 0 Å². The number of rotatable bonds is 4. The van der Waals surface area contributed by atoms with E-state index in [-0.39, 0.29) is 4.83 Å². The number of methoxy groups -OCH3 is 2. The third-order valence-electron chi connectivity index (χ3n) is 2.49. The second kappa shape index (κ2) is 5.56. The number of ether oxygens (including phenoxy) is 2. The SMILES string of the molecule is COc1ccc(C(Br)c2cc(OC)cs2)cc1. The molecular formula is C13H13BrO2S. The lowest BCUT2D eigenvalue weighted by Crippen LogP contribution is -1.90. The van der Waals surface area contributed by atoms with E-state index in [0.29, 0.717) is 0 Å². The van der Waals surface area contributed by atoms with Crippen LogP contribution in [0.3, 0.4) is 0 Å². The zero-order chi connectivity index (χ0) is 12.3. The Kier molecular flexibility index (Phi) is 4.07. The van der Waals surface area contributed by atoms with Gasteiger partial charge in [0.15, 0.2) is 0 Å². The fourth-order valence-corrected chi connectivity index (χ4v) is 3.13. The number of thiophene rings is 1. The number of alkyl halides is 1. The van der Waals surface area contributed by atoms with Crippen LogP contribution in [-0.4, -0.2) is 14.2 Å². The summed E-state index contributed by atoms with van der Waals surface area (Å²) in [5, 5.41) is 2.01. The molecule has 0 fully saturated rings. The average molecular weight is 313 g/mol. The summed E-state index contributed by atoms with van der Waals surface area (Å²) in [5.41, 5.74) is 1.20. The molecule has 2 rings (SSSR count). The summed E-state index contributed by atoms with van der Waals surface area (Å²) in [7, 11) is 3.35. The van der Waals surface area contributed by atoms with Crippen LogP contribution < -0.4 is 9.47 Å². The molecule has 2 aromatic rings. The van der Waals surface area contributed by atoms with Gasteiger partial charge in [0.05, 0.1) is 19.0 Å². The van der Waals surface area contributed by atoms with E-state index in [4.69, 9.17) is 9.47 Å². The topological polar surface area (TPSA) is 18.5 Å². The van der Waals surface area contributed by atoms with Crippen molar-refractivity contribution in [3.05, 3.63) is 46.2 Å². The molecule has 0 aliphatic rings. The standard InChI is InChI=1S/C13H13BrO2S/c1-15-10-5-3-9(4-6-10)13(14)12-7-11(16-2)8-17-12/h3-8,13H,1-2H3. The van der Waals surface area contributed by atoms with Crippen molar-refractivity contribution in [3.63, 3.8) is 0 Å². The first kappa shape index (κ1) is 12.5. The van der Waals surface area contributed by atoms with Gasteiger partial charge in [-0.05, 0) is 23.8 Å². The normalized spacial score (nSPS) is 12.2. The molecule has 4 heteroatoms. The molecule has 0 amide bonds. The minimum absolute atomic E-state index is 0.197. The Morgan fingerprint density at radius 3 is 2.24 bits per heavy atom. The van der Waals surface area contributed by atoms with Crippen molar-refractivity contribution in [3.8, 4) is 11.5 Å². The molecule has 0 N–H and O–H groups in total. The summed E-state index contributed by atoms with van der Waals surface area (Å²) >= 11 is 5.38. The van der Waals surface area contributed by atoms with Crippen molar-refractivity contribution >= 4 is 27.3 Å². The molecule has 2 nitrogen and oxygen atoms in total. The molecule has 90 valence electrons. The summed E-state index contributed by atoms with van der Waals surface area (Å²) < 4.78 is 10.3. The van der Waals surface area contributed by atoms with Gasteiger partial charge < -0.3 is 9.47 Å². The highest BCUT2D eigenvalue weighted by Gasteiger charge is 2.13. The second-order valence-electron chi connectivity index (χ2n) is 3.52. The average Bonchev–Trinajstić information content (AvgIpc) is 2.87. The van der Waals surface area contributed by atoms with Crippen LogP contribution in [0.4, 0.5) is 0 Å². The summed E-state index contributed by atoms with van der Waals surface area (Å²) in [6.45, 7) is 0. The molecule has 1 atom stereocenters. The van der Waals surface area contributed by atoms with Gasteiger partial charge in [-0.15, -0.1) is 11.3 Å². The molecule has 0 spiro atoms. The molecular weight excluding hydrogens is 300 g/mol. The van der Waals surface area contributed by atoms with Crippen molar-refractivity contribution in [1.29, 1.82) is 0 Å². The Morgan fingerprint density at radius 1 is 1.06 bits per heavy atom. The molecule has 1 aromatic heterocycles. The molecule has 0 bridgehead atoms. The molecule has 1 unspecified atom stereocenters. The molecule has 1 heterocycles. The van der Waals surface area contributed by atoms with Gasteiger partial charge in [0, 0.05) is 10.3 Å². The maximum absolute atomic E-state index is 5.19.